The van der Waals surface area contributed by atoms with Gasteiger partial charge in [0.2, 0.25) is 29.5 Å². The van der Waals surface area contributed by atoms with Crippen molar-refractivity contribution in [2.24, 2.45) is 33.8 Å². The highest BCUT2D eigenvalue weighted by Crippen LogP contribution is 2.29. The first kappa shape index (κ1) is 45.7. The number of rotatable bonds is 14. The van der Waals surface area contributed by atoms with Gasteiger partial charge in [-0.25, -0.2) is 0 Å². The van der Waals surface area contributed by atoms with Crippen molar-refractivity contribution in [3.05, 3.63) is 71.9 Å². The molecule has 3 fully saturated rings. The number of H-pyrrole nitrogens is 1. The Labute approximate surface area is 362 Å². The van der Waals surface area contributed by atoms with Gasteiger partial charge < -0.3 is 48.8 Å². The second kappa shape index (κ2) is 21.8. The maximum absolute atomic E-state index is 15.2. The summed E-state index contributed by atoms with van der Waals surface area (Å²) in [6, 6.07) is 9.35. The van der Waals surface area contributed by atoms with Crippen molar-refractivity contribution in [3.63, 3.8) is 0 Å². The fourth-order valence-corrected chi connectivity index (χ4v) is 9.18. The predicted octanol–water partition coefficient (Wildman–Crippen LogP) is 1.23. The second-order valence-electron chi connectivity index (χ2n) is 16.9. The smallest absolute Gasteiger partial charge is 0.252 e. The molecule has 3 aliphatic rings. The van der Waals surface area contributed by atoms with Crippen LogP contribution >= 0.6 is 0 Å². The van der Waals surface area contributed by atoms with E-state index in [1.165, 1.54) is 4.90 Å². The van der Waals surface area contributed by atoms with E-state index in [-0.39, 0.29) is 70.0 Å². The van der Waals surface area contributed by atoms with Gasteiger partial charge in [0.05, 0.1) is 6.04 Å². The fraction of sp³-hybridized carbons (Fsp3) is 0.533. The highest BCUT2D eigenvalue weighted by molar-refractivity contribution is 6.06. The Kier molecular flexibility index (Phi) is 16.1. The molecule has 3 heterocycles. The summed E-state index contributed by atoms with van der Waals surface area (Å²) in [4.78, 5) is 98.3. The number of hydrogen-bond donors (Lipinski definition) is 8. The van der Waals surface area contributed by atoms with Gasteiger partial charge in [0.15, 0.2) is 5.96 Å². The van der Waals surface area contributed by atoms with Crippen LogP contribution in [0.4, 0.5) is 0 Å². The molecule has 1 saturated carbocycles. The van der Waals surface area contributed by atoms with Crippen LogP contribution in [0, 0.1) is 5.92 Å². The molecule has 2 aliphatic heterocycles. The summed E-state index contributed by atoms with van der Waals surface area (Å²) in [5.41, 5.74) is 26.2. The lowest BCUT2D eigenvalue weighted by Gasteiger charge is -2.37. The first-order valence-corrected chi connectivity index (χ1v) is 22.1. The summed E-state index contributed by atoms with van der Waals surface area (Å²) in [5, 5.41) is 9.67. The van der Waals surface area contributed by atoms with Crippen LogP contribution < -0.4 is 38.9 Å². The molecule has 62 heavy (non-hydrogen) atoms. The maximum Gasteiger partial charge on any atom is 0.252 e. The van der Waals surface area contributed by atoms with Crippen LogP contribution in [-0.2, 0) is 41.6 Å². The number of amides is 6. The Morgan fingerprint density at radius 1 is 0.774 bits per heavy atom. The van der Waals surface area contributed by atoms with Crippen molar-refractivity contribution >= 4 is 52.3 Å². The number of aromatic amines is 1. The van der Waals surface area contributed by atoms with Crippen molar-refractivity contribution in [2.45, 2.75) is 126 Å². The van der Waals surface area contributed by atoms with Crippen LogP contribution in [0.25, 0.3) is 10.9 Å². The Bertz CT molecular complexity index is 2060. The molecule has 2 saturated heterocycles. The van der Waals surface area contributed by atoms with Crippen molar-refractivity contribution in [1.29, 1.82) is 0 Å². The van der Waals surface area contributed by atoms with Crippen LogP contribution in [0.2, 0.25) is 0 Å². The molecular weight excluding hydrogens is 791 g/mol. The van der Waals surface area contributed by atoms with E-state index in [0.29, 0.717) is 19.3 Å². The molecule has 0 bridgehead atoms. The number of aliphatic imine (C=N–C) groups is 1. The fourth-order valence-electron chi connectivity index (χ4n) is 9.18. The number of nitrogens with zero attached hydrogens (tertiary/aromatic N) is 3. The molecule has 6 atom stereocenters. The predicted molar refractivity (Wildman–Crippen MR) is 236 cm³/mol. The van der Waals surface area contributed by atoms with Gasteiger partial charge >= 0.3 is 0 Å². The molecule has 17 heteroatoms. The third-order valence-corrected chi connectivity index (χ3v) is 12.4. The number of carbonyl (C=O) groups is 6. The van der Waals surface area contributed by atoms with Gasteiger partial charge in [-0.1, -0.05) is 80.6 Å². The quantitative estimate of drug-likeness (QED) is 0.0653. The van der Waals surface area contributed by atoms with Gasteiger partial charge in [0, 0.05) is 36.6 Å². The molecule has 17 nitrogen and oxygen atoms in total. The average Bonchev–Trinajstić information content (AvgIpc) is 3.93. The number of nitrogens with one attached hydrogen (secondary N) is 4. The van der Waals surface area contributed by atoms with Gasteiger partial charge in [-0.05, 0) is 81.0 Å². The molecule has 6 rings (SSSR count). The van der Waals surface area contributed by atoms with Crippen LogP contribution in [0.15, 0.2) is 65.8 Å². The van der Waals surface area contributed by atoms with Gasteiger partial charge in [0.1, 0.15) is 30.2 Å². The maximum atomic E-state index is 15.2. The summed E-state index contributed by atoms with van der Waals surface area (Å²) in [7, 11) is 0. The number of para-hydroxylation sites is 1. The Hall–Kier alpha value is -5.81. The number of hydrogen-bond acceptors (Lipinski definition) is 9. The number of aromatic nitrogens is 1. The molecule has 3 aromatic rings. The van der Waals surface area contributed by atoms with Crippen LogP contribution in [0.5, 0.6) is 0 Å². The molecule has 6 amide bonds. The molecule has 0 radical (unpaired) electrons. The number of carbonyl (C=O) groups excluding carboxylic acids is 6. The van der Waals surface area contributed by atoms with E-state index < -0.39 is 71.7 Å². The zero-order valence-electron chi connectivity index (χ0n) is 35.4. The van der Waals surface area contributed by atoms with E-state index in [2.05, 4.69) is 25.9 Å². The van der Waals surface area contributed by atoms with Gasteiger partial charge in [-0.2, -0.15) is 0 Å². The monoisotopic (exact) mass is 853 g/mol. The summed E-state index contributed by atoms with van der Waals surface area (Å²) >= 11 is 0. The van der Waals surface area contributed by atoms with Crippen molar-refractivity contribution in [3.8, 4) is 0 Å². The minimum Gasteiger partial charge on any atom is -0.370 e. The molecular formula is C45H63N11O6. The van der Waals surface area contributed by atoms with E-state index in [4.69, 9.17) is 22.9 Å². The van der Waals surface area contributed by atoms with E-state index in [0.717, 1.165) is 59.0 Å². The zero-order valence-corrected chi connectivity index (χ0v) is 35.4. The lowest BCUT2D eigenvalue weighted by molar-refractivity contribution is -0.158. The van der Waals surface area contributed by atoms with Gasteiger partial charge in [-0.15, -0.1) is 0 Å². The molecule has 0 spiro atoms. The van der Waals surface area contributed by atoms with Crippen molar-refractivity contribution in [2.75, 3.05) is 19.6 Å². The molecule has 1 aliphatic carbocycles. The minimum atomic E-state index is -1.41. The van der Waals surface area contributed by atoms with E-state index in [9.17, 15) is 24.0 Å². The number of benzene rings is 2. The van der Waals surface area contributed by atoms with Crippen LogP contribution in [-0.4, -0.2) is 112 Å². The van der Waals surface area contributed by atoms with Crippen molar-refractivity contribution < 1.29 is 28.8 Å². The SMILES string of the molecule is NCCC[C@H]1C(=O)N2CCC[C@H]2C(=O)N[C@H](CC2CCCCC2)C(=O)N[C@@H](Cc2c[nH]c3ccccc23)C(=O)N[C@@H](CCCN=C(N)N)C(=O)N1C(=O)[C@H](N)Cc1ccccc1. The van der Waals surface area contributed by atoms with Gasteiger partial charge in [0.25, 0.3) is 5.91 Å². The lowest BCUT2D eigenvalue weighted by atomic mass is 9.84. The normalized spacial score (nSPS) is 23.8. The third-order valence-electron chi connectivity index (χ3n) is 12.4. The molecule has 1 aromatic heterocycles. The summed E-state index contributed by atoms with van der Waals surface area (Å²) in [5.74, 6) is -4.06. The van der Waals surface area contributed by atoms with Crippen LogP contribution in [0.1, 0.15) is 88.2 Å². The first-order chi connectivity index (χ1) is 29.9. The Morgan fingerprint density at radius 2 is 1.47 bits per heavy atom. The standard InChI is InChI=1S/C45H63N11O6/c46-21-9-19-38-44(62)55-23-11-20-37(55)41(59)54-35(25-29-14-5-2-6-15-29)39(57)53-36(26-30-27-51-33-17-8-7-16-31(30)33)40(58)52-34(18-10-22-50-45(48)49)43(61)56(38)42(60)32(47)24-28-12-3-1-4-13-28/h1,3-4,7-8,12-13,16-17,27,29,32,34-38,51H,2,5-6,9-11,14-15,18-26,46-47H2,(H,52,58)(H,53,57)(H,54,59)(H4,48,49,50)/t32-,34+,35-,36+,37+,38+/m1/s1. The zero-order chi connectivity index (χ0) is 44.2. The third kappa shape index (κ3) is 11.6. The van der Waals surface area contributed by atoms with Gasteiger partial charge in [-0.3, -0.25) is 38.7 Å². The topological polar surface area (TPSA) is 277 Å². The van der Waals surface area contributed by atoms with E-state index in [1.807, 2.05) is 54.6 Å². The molecule has 2 aromatic carbocycles. The number of guanidine groups is 1. The first-order valence-electron chi connectivity index (χ1n) is 22.1. The highest BCUT2D eigenvalue weighted by Gasteiger charge is 2.46. The molecule has 0 unspecified atom stereocenters. The lowest BCUT2D eigenvalue weighted by Crippen LogP contribution is -2.63. The summed E-state index contributed by atoms with van der Waals surface area (Å²) in [6.45, 7) is 0.429. The Balaban J connectivity index is 1.45. The average molecular weight is 854 g/mol. The summed E-state index contributed by atoms with van der Waals surface area (Å²) < 4.78 is 0. The molecule has 12 N–H and O–H groups in total. The number of imide groups is 1. The Morgan fingerprint density at radius 3 is 2.21 bits per heavy atom. The highest BCUT2D eigenvalue weighted by atomic mass is 16.2. The van der Waals surface area contributed by atoms with E-state index >= 15 is 4.79 Å². The number of nitrogens with two attached hydrogens (primary N) is 4. The van der Waals surface area contributed by atoms with E-state index in [1.54, 1.807) is 6.20 Å². The summed E-state index contributed by atoms with van der Waals surface area (Å²) in [6.07, 6.45) is 8.31. The molecule has 334 valence electrons. The van der Waals surface area contributed by atoms with Crippen molar-refractivity contribution in [1.82, 2.24) is 30.7 Å². The second-order valence-corrected chi connectivity index (χ2v) is 16.9. The number of fused-ring (bicyclic) bond motifs is 2. The largest absolute Gasteiger partial charge is 0.370 e. The van der Waals surface area contributed by atoms with Crippen LogP contribution in [0.3, 0.4) is 0 Å². The minimum absolute atomic E-state index is 0.0160.